The molecule has 0 radical (unpaired) electrons. The zero-order valence-corrected chi connectivity index (χ0v) is 10.0. The van der Waals surface area contributed by atoms with Crippen molar-refractivity contribution >= 4 is 0 Å². The van der Waals surface area contributed by atoms with E-state index in [-0.39, 0.29) is 5.60 Å². The Labute approximate surface area is 92.2 Å². The molecule has 0 spiro atoms. The lowest BCUT2D eigenvalue weighted by Gasteiger charge is -2.29. The Hall–Kier alpha value is -0.160. The standard InChI is InChI=1S/C11H23NO3/c1-11(2,3)15-9-10(13)8-12-4-6-14-7-5-12/h10,13H,4-9H2,1-3H3/t10-/m1/s1. The third-order valence-electron chi connectivity index (χ3n) is 2.28. The highest BCUT2D eigenvalue weighted by Crippen LogP contribution is 2.08. The van der Waals surface area contributed by atoms with Gasteiger partial charge >= 0.3 is 0 Å². The van der Waals surface area contributed by atoms with Gasteiger partial charge in [0.15, 0.2) is 0 Å². The molecule has 4 nitrogen and oxygen atoms in total. The number of hydrogen-bond donors (Lipinski definition) is 1. The van der Waals surface area contributed by atoms with Gasteiger partial charge in [-0.05, 0) is 20.8 Å². The molecular formula is C11H23NO3. The molecule has 1 aliphatic heterocycles. The second kappa shape index (κ2) is 5.80. The van der Waals surface area contributed by atoms with Crippen LogP contribution in [0.1, 0.15) is 20.8 Å². The van der Waals surface area contributed by atoms with Crippen LogP contribution in [-0.4, -0.2) is 61.2 Å². The van der Waals surface area contributed by atoms with Gasteiger partial charge in [0, 0.05) is 19.6 Å². The number of aliphatic hydroxyl groups is 1. The monoisotopic (exact) mass is 217 g/mol. The molecule has 15 heavy (non-hydrogen) atoms. The summed E-state index contributed by atoms with van der Waals surface area (Å²) in [4.78, 5) is 2.21. The first-order valence-electron chi connectivity index (χ1n) is 5.59. The van der Waals surface area contributed by atoms with Gasteiger partial charge in [-0.3, -0.25) is 4.90 Å². The van der Waals surface area contributed by atoms with E-state index in [1.54, 1.807) is 0 Å². The second-order valence-electron chi connectivity index (χ2n) is 4.99. The summed E-state index contributed by atoms with van der Waals surface area (Å²) in [5, 5.41) is 9.76. The zero-order chi connectivity index (χ0) is 11.3. The lowest BCUT2D eigenvalue weighted by Crippen LogP contribution is -2.42. The van der Waals surface area contributed by atoms with Gasteiger partial charge < -0.3 is 14.6 Å². The lowest BCUT2D eigenvalue weighted by molar-refractivity contribution is -0.0633. The molecule has 1 atom stereocenters. The minimum Gasteiger partial charge on any atom is -0.389 e. The molecule has 0 aromatic heterocycles. The third-order valence-corrected chi connectivity index (χ3v) is 2.28. The molecule has 1 saturated heterocycles. The molecule has 4 heteroatoms. The molecule has 1 N–H and O–H groups in total. The first kappa shape index (κ1) is 12.9. The van der Waals surface area contributed by atoms with Crippen LogP contribution in [-0.2, 0) is 9.47 Å². The van der Waals surface area contributed by atoms with Crippen molar-refractivity contribution in [2.45, 2.75) is 32.5 Å². The van der Waals surface area contributed by atoms with Crippen molar-refractivity contribution < 1.29 is 14.6 Å². The van der Waals surface area contributed by atoms with Gasteiger partial charge in [-0.25, -0.2) is 0 Å². The van der Waals surface area contributed by atoms with Crippen molar-refractivity contribution in [2.24, 2.45) is 0 Å². The van der Waals surface area contributed by atoms with Crippen molar-refractivity contribution in [1.29, 1.82) is 0 Å². The van der Waals surface area contributed by atoms with E-state index in [1.165, 1.54) is 0 Å². The number of ether oxygens (including phenoxy) is 2. The third kappa shape index (κ3) is 6.10. The molecule has 0 amide bonds. The molecule has 1 aliphatic rings. The van der Waals surface area contributed by atoms with Gasteiger partial charge in [0.2, 0.25) is 0 Å². The summed E-state index contributed by atoms with van der Waals surface area (Å²) in [6.07, 6.45) is -0.401. The van der Waals surface area contributed by atoms with E-state index in [9.17, 15) is 5.11 Å². The van der Waals surface area contributed by atoms with E-state index >= 15 is 0 Å². The van der Waals surface area contributed by atoms with Crippen LogP contribution in [0.3, 0.4) is 0 Å². The second-order valence-corrected chi connectivity index (χ2v) is 4.99. The minimum absolute atomic E-state index is 0.175. The predicted molar refractivity (Wildman–Crippen MR) is 59.0 cm³/mol. The molecule has 0 unspecified atom stereocenters. The number of nitrogens with zero attached hydrogens (tertiary/aromatic N) is 1. The summed E-state index contributed by atoms with van der Waals surface area (Å²) in [7, 11) is 0. The Morgan fingerprint density at radius 2 is 1.93 bits per heavy atom. The van der Waals surface area contributed by atoms with E-state index in [0.717, 1.165) is 26.3 Å². The van der Waals surface area contributed by atoms with Crippen molar-refractivity contribution in [3.63, 3.8) is 0 Å². The number of β-amino-alcohol motifs (C(OH)–C–C–N with tert-alkyl or cyclic N) is 1. The fraction of sp³-hybridized carbons (Fsp3) is 1.00. The van der Waals surface area contributed by atoms with E-state index in [0.29, 0.717) is 13.2 Å². The molecule has 0 bridgehead atoms. The molecule has 1 fully saturated rings. The Morgan fingerprint density at radius 1 is 1.33 bits per heavy atom. The van der Waals surface area contributed by atoms with Gasteiger partial charge in [0.25, 0.3) is 0 Å². The van der Waals surface area contributed by atoms with Crippen LogP contribution in [0.5, 0.6) is 0 Å². The summed E-state index contributed by atoms with van der Waals surface area (Å²) >= 11 is 0. The lowest BCUT2D eigenvalue weighted by atomic mass is 10.2. The van der Waals surface area contributed by atoms with Gasteiger partial charge in [-0.1, -0.05) is 0 Å². The maximum absolute atomic E-state index is 9.76. The largest absolute Gasteiger partial charge is 0.389 e. The van der Waals surface area contributed by atoms with Crippen molar-refractivity contribution in [1.82, 2.24) is 4.90 Å². The maximum Gasteiger partial charge on any atom is 0.0900 e. The smallest absolute Gasteiger partial charge is 0.0900 e. The van der Waals surface area contributed by atoms with Crippen LogP contribution < -0.4 is 0 Å². The number of hydrogen-bond acceptors (Lipinski definition) is 4. The maximum atomic E-state index is 9.76. The molecule has 1 rings (SSSR count). The zero-order valence-electron chi connectivity index (χ0n) is 10.0. The van der Waals surface area contributed by atoms with E-state index in [1.807, 2.05) is 20.8 Å². The number of morpholine rings is 1. The van der Waals surface area contributed by atoms with Crippen LogP contribution in [0.2, 0.25) is 0 Å². The highest BCUT2D eigenvalue weighted by Gasteiger charge is 2.17. The molecule has 0 aromatic rings. The Bertz CT molecular complexity index is 173. The first-order valence-corrected chi connectivity index (χ1v) is 5.59. The van der Waals surface area contributed by atoms with Crippen LogP contribution in [0.25, 0.3) is 0 Å². The molecule has 0 saturated carbocycles. The predicted octanol–water partition coefficient (Wildman–Crippen LogP) is 0.495. The molecule has 0 aliphatic carbocycles. The molecule has 0 aromatic carbocycles. The Balaban J connectivity index is 2.14. The van der Waals surface area contributed by atoms with E-state index in [2.05, 4.69) is 4.90 Å². The molecule has 90 valence electrons. The fourth-order valence-corrected chi connectivity index (χ4v) is 1.48. The molecule has 1 heterocycles. The van der Waals surface area contributed by atoms with Gasteiger partial charge in [0.1, 0.15) is 0 Å². The van der Waals surface area contributed by atoms with Gasteiger partial charge in [-0.2, -0.15) is 0 Å². The summed E-state index contributed by atoms with van der Waals surface area (Å²) < 4.78 is 10.8. The summed E-state index contributed by atoms with van der Waals surface area (Å²) in [6.45, 7) is 10.4. The summed E-state index contributed by atoms with van der Waals surface area (Å²) in [5.74, 6) is 0. The van der Waals surface area contributed by atoms with Gasteiger partial charge in [0.05, 0.1) is 31.5 Å². The fourth-order valence-electron chi connectivity index (χ4n) is 1.48. The number of aliphatic hydroxyl groups excluding tert-OH is 1. The van der Waals surface area contributed by atoms with Crippen LogP contribution in [0, 0.1) is 0 Å². The Morgan fingerprint density at radius 3 is 2.47 bits per heavy atom. The quantitative estimate of drug-likeness (QED) is 0.744. The van der Waals surface area contributed by atoms with Crippen LogP contribution in [0.4, 0.5) is 0 Å². The SMILES string of the molecule is CC(C)(C)OC[C@H](O)CN1CCOCC1. The summed E-state index contributed by atoms with van der Waals surface area (Å²) in [6, 6.07) is 0. The first-order chi connectivity index (χ1) is 6.97. The van der Waals surface area contributed by atoms with E-state index in [4.69, 9.17) is 9.47 Å². The Kier molecular flexibility index (Phi) is 4.99. The van der Waals surface area contributed by atoms with E-state index < -0.39 is 6.10 Å². The van der Waals surface area contributed by atoms with Crippen LogP contribution in [0.15, 0.2) is 0 Å². The number of rotatable bonds is 4. The normalized spacial score (nSPS) is 21.6. The molecular weight excluding hydrogens is 194 g/mol. The highest BCUT2D eigenvalue weighted by molar-refractivity contribution is 4.68. The van der Waals surface area contributed by atoms with Crippen LogP contribution >= 0.6 is 0 Å². The van der Waals surface area contributed by atoms with Crippen molar-refractivity contribution in [3.8, 4) is 0 Å². The average Bonchev–Trinajstić information content (AvgIpc) is 2.15. The average molecular weight is 217 g/mol. The van der Waals surface area contributed by atoms with Crippen molar-refractivity contribution in [2.75, 3.05) is 39.5 Å². The highest BCUT2D eigenvalue weighted by atomic mass is 16.5. The van der Waals surface area contributed by atoms with Crippen molar-refractivity contribution in [3.05, 3.63) is 0 Å². The topological polar surface area (TPSA) is 41.9 Å². The minimum atomic E-state index is -0.401. The summed E-state index contributed by atoms with van der Waals surface area (Å²) in [5.41, 5.74) is -0.175. The van der Waals surface area contributed by atoms with Gasteiger partial charge in [-0.15, -0.1) is 0 Å².